The van der Waals surface area contributed by atoms with E-state index in [2.05, 4.69) is 55.9 Å². The average Bonchev–Trinajstić information content (AvgIpc) is 3.19. The summed E-state index contributed by atoms with van der Waals surface area (Å²) in [6.07, 6.45) is 11.6. The van der Waals surface area contributed by atoms with Gasteiger partial charge in [0.15, 0.2) is 0 Å². The quantitative estimate of drug-likeness (QED) is 0.0644. The monoisotopic (exact) mass is 749 g/mol. The van der Waals surface area contributed by atoms with E-state index < -0.39 is 5.54 Å². The van der Waals surface area contributed by atoms with Crippen molar-refractivity contribution in [3.8, 4) is 0 Å². The number of nitrogens with one attached hydrogen (secondary N) is 4. The van der Waals surface area contributed by atoms with Gasteiger partial charge in [0.1, 0.15) is 5.54 Å². The van der Waals surface area contributed by atoms with Crippen molar-refractivity contribution < 1.29 is 33.4 Å². The lowest BCUT2D eigenvalue weighted by atomic mass is 10.0. The molecule has 0 atom stereocenters. The predicted molar refractivity (Wildman–Crippen MR) is 208 cm³/mol. The van der Waals surface area contributed by atoms with E-state index in [0.717, 1.165) is 11.4 Å². The summed E-state index contributed by atoms with van der Waals surface area (Å²) in [4.78, 5) is 59.3. The molecule has 0 aromatic carbocycles. The van der Waals surface area contributed by atoms with Crippen molar-refractivity contribution in [2.75, 3.05) is 65.8 Å². The number of unbranched alkanes of at least 4 members (excludes halogenated alkanes) is 3. The second kappa shape index (κ2) is 28.7. The Kier molecular flexibility index (Phi) is 24.1. The highest BCUT2D eigenvalue weighted by Gasteiger charge is 2.34. The number of rotatable bonds is 32. The fourth-order valence-corrected chi connectivity index (χ4v) is 5.15. The molecule has 2 rings (SSSR count). The van der Waals surface area contributed by atoms with E-state index in [9.17, 15) is 19.2 Å². The summed E-state index contributed by atoms with van der Waals surface area (Å²) < 4.78 is 18.4. The van der Waals surface area contributed by atoms with Crippen molar-refractivity contribution in [2.24, 2.45) is 0 Å². The third-order valence-electron chi connectivity index (χ3n) is 8.02. The van der Waals surface area contributed by atoms with Crippen LogP contribution < -0.4 is 21.3 Å². The fraction of sp³-hybridized carbons (Fsp3) is 0.500. The SMILES string of the molecule is C=CC(=O)NCCCCOCC(COCCCCNC(=O)C=C)(COCCCCNC(=O)C=C)NC(=O)CCN(Cc1ccccn1)Cc1ccccn1. The molecule has 2 aromatic rings. The average molecular weight is 750 g/mol. The Bertz CT molecular complexity index is 1270. The summed E-state index contributed by atoms with van der Waals surface area (Å²) in [6.45, 7) is 15.0. The molecule has 0 spiro atoms. The van der Waals surface area contributed by atoms with Crippen molar-refractivity contribution in [3.63, 3.8) is 0 Å². The highest BCUT2D eigenvalue weighted by atomic mass is 16.5. The number of amides is 4. The van der Waals surface area contributed by atoms with E-state index in [1.807, 2.05) is 36.4 Å². The molecule has 0 bridgehead atoms. The molecule has 2 heterocycles. The predicted octanol–water partition coefficient (Wildman–Crippen LogP) is 3.02. The molecule has 54 heavy (non-hydrogen) atoms. The summed E-state index contributed by atoms with van der Waals surface area (Å²) >= 11 is 0. The molecule has 0 unspecified atom stereocenters. The van der Waals surface area contributed by atoms with Crippen molar-refractivity contribution >= 4 is 23.6 Å². The summed E-state index contributed by atoms with van der Waals surface area (Å²) in [7, 11) is 0. The lowest BCUT2D eigenvalue weighted by molar-refractivity contribution is -0.128. The van der Waals surface area contributed by atoms with Gasteiger partial charge in [-0.1, -0.05) is 31.9 Å². The first kappa shape index (κ1) is 45.4. The fourth-order valence-electron chi connectivity index (χ4n) is 5.15. The van der Waals surface area contributed by atoms with Crippen molar-refractivity contribution in [1.82, 2.24) is 36.1 Å². The van der Waals surface area contributed by atoms with E-state index in [4.69, 9.17) is 14.2 Å². The second-order valence-electron chi connectivity index (χ2n) is 12.7. The maximum absolute atomic E-state index is 13.8. The van der Waals surface area contributed by atoms with Crippen LogP contribution in [0.4, 0.5) is 0 Å². The van der Waals surface area contributed by atoms with E-state index in [-0.39, 0.29) is 49.9 Å². The number of carbonyl (C=O) groups excluding carboxylic acids is 4. The zero-order valence-electron chi connectivity index (χ0n) is 31.6. The first-order valence-corrected chi connectivity index (χ1v) is 18.6. The van der Waals surface area contributed by atoms with Gasteiger partial charge in [-0.25, -0.2) is 0 Å². The number of hydrogen-bond acceptors (Lipinski definition) is 10. The van der Waals surface area contributed by atoms with E-state index in [1.165, 1.54) is 18.2 Å². The van der Waals surface area contributed by atoms with Crippen LogP contribution in [0.1, 0.15) is 56.3 Å². The third kappa shape index (κ3) is 21.7. The lowest BCUT2D eigenvalue weighted by Crippen LogP contribution is -2.59. The first-order chi connectivity index (χ1) is 26.3. The molecular weight excluding hydrogens is 690 g/mol. The van der Waals surface area contributed by atoms with Crippen molar-refractivity contribution in [1.29, 1.82) is 0 Å². The third-order valence-corrected chi connectivity index (χ3v) is 8.02. The molecule has 0 saturated heterocycles. The van der Waals surface area contributed by atoms with Crippen LogP contribution >= 0.6 is 0 Å². The minimum Gasteiger partial charge on any atom is -0.379 e. The largest absolute Gasteiger partial charge is 0.379 e. The molecule has 0 saturated carbocycles. The normalized spacial score (nSPS) is 11.1. The number of aromatic nitrogens is 2. The van der Waals surface area contributed by atoms with Gasteiger partial charge in [-0.3, -0.25) is 34.0 Å². The Morgan fingerprint density at radius 3 is 1.39 bits per heavy atom. The van der Waals surface area contributed by atoms with Crippen LogP contribution in [0.2, 0.25) is 0 Å². The van der Waals surface area contributed by atoms with E-state index in [1.54, 1.807) is 12.4 Å². The number of carbonyl (C=O) groups is 4. The van der Waals surface area contributed by atoms with Gasteiger partial charge in [-0.15, -0.1) is 0 Å². The lowest BCUT2D eigenvalue weighted by Gasteiger charge is -2.34. The molecule has 2 aromatic heterocycles. The minimum atomic E-state index is -1.00. The zero-order valence-corrected chi connectivity index (χ0v) is 31.6. The summed E-state index contributed by atoms with van der Waals surface area (Å²) in [5, 5.41) is 11.5. The second-order valence-corrected chi connectivity index (χ2v) is 12.7. The molecule has 4 amide bonds. The van der Waals surface area contributed by atoms with Gasteiger partial charge in [0.25, 0.3) is 0 Å². The summed E-state index contributed by atoms with van der Waals surface area (Å²) in [6, 6.07) is 11.5. The van der Waals surface area contributed by atoms with Gasteiger partial charge in [0.05, 0.1) is 31.2 Å². The Morgan fingerprint density at radius 2 is 1.04 bits per heavy atom. The minimum absolute atomic E-state index is 0.133. The number of hydrogen-bond donors (Lipinski definition) is 4. The molecule has 0 aliphatic heterocycles. The van der Waals surface area contributed by atoms with Gasteiger partial charge >= 0.3 is 0 Å². The van der Waals surface area contributed by atoms with Gasteiger partial charge in [-0.2, -0.15) is 0 Å². The van der Waals surface area contributed by atoms with Crippen LogP contribution in [0.5, 0.6) is 0 Å². The van der Waals surface area contributed by atoms with Gasteiger partial charge in [0.2, 0.25) is 23.6 Å². The topological polar surface area (TPSA) is 173 Å². The molecule has 0 fully saturated rings. The van der Waals surface area contributed by atoms with Crippen LogP contribution in [0.25, 0.3) is 0 Å². The van der Waals surface area contributed by atoms with Crippen LogP contribution in [0, 0.1) is 0 Å². The maximum atomic E-state index is 13.8. The molecule has 296 valence electrons. The molecule has 0 aliphatic rings. The maximum Gasteiger partial charge on any atom is 0.243 e. The molecule has 0 aliphatic carbocycles. The van der Waals surface area contributed by atoms with E-state index in [0.29, 0.717) is 97.6 Å². The smallest absolute Gasteiger partial charge is 0.243 e. The summed E-state index contributed by atoms with van der Waals surface area (Å²) in [5.41, 5.74) is 0.765. The molecule has 14 nitrogen and oxygen atoms in total. The molecule has 0 radical (unpaired) electrons. The van der Waals surface area contributed by atoms with Crippen molar-refractivity contribution in [3.05, 3.63) is 98.1 Å². The van der Waals surface area contributed by atoms with Gasteiger partial charge in [-0.05, 0) is 81.0 Å². The zero-order chi connectivity index (χ0) is 39.1. The standard InChI is InChI=1S/C40H59N7O7/c1-4-36(48)43-22-11-14-26-52-31-40(32-53-27-15-12-23-44-37(49)5-2,33-54-28-16-13-24-45-38(50)6-3)46-39(51)19-25-47(29-34-17-7-9-20-41-34)30-35-18-8-10-21-42-35/h4-10,17-18,20-21H,1-3,11-16,19,22-33H2,(H,43,48)(H,44,49)(H,45,50)(H,46,51). The van der Waals surface area contributed by atoms with Crippen molar-refractivity contribution in [2.45, 2.75) is 63.6 Å². The highest BCUT2D eigenvalue weighted by molar-refractivity contribution is 5.87. The molecule has 14 heteroatoms. The summed E-state index contributed by atoms with van der Waals surface area (Å²) in [5.74, 6) is -0.866. The van der Waals surface area contributed by atoms with Gasteiger partial charge < -0.3 is 35.5 Å². The number of ether oxygens (including phenoxy) is 3. The molecular formula is C40H59N7O7. The van der Waals surface area contributed by atoms with Crippen LogP contribution in [0.15, 0.2) is 86.8 Å². The Morgan fingerprint density at radius 1 is 0.630 bits per heavy atom. The Labute approximate surface area is 320 Å². The Balaban J connectivity index is 2.13. The van der Waals surface area contributed by atoms with Crippen LogP contribution in [0.3, 0.4) is 0 Å². The first-order valence-electron chi connectivity index (χ1n) is 18.6. The van der Waals surface area contributed by atoms with Gasteiger partial charge in [0, 0.05) is 77.9 Å². The Hall–Kier alpha value is -4.76. The van der Waals surface area contributed by atoms with Crippen LogP contribution in [-0.4, -0.2) is 110 Å². The number of nitrogens with zero attached hydrogens (tertiary/aromatic N) is 3. The van der Waals surface area contributed by atoms with E-state index >= 15 is 0 Å². The highest BCUT2D eigenvalue weighted by Crippen LogP contribution is 2.13. The number of pyridine rings is 2. The molecule has 4 N–H and O–H groups in total. The van der Waals surface area contributed by atoms with Crippen LogP contribution in [-0.2, 0) is 46.5 Å².